The molecule has 0 aromatic rings. The lowest BCUT2D eigenvalue weighted by Gasteiger charge is -2.16. The lowest BCUT2D eigenvalue weighted by molar-refractivity contribution is 0.125. The predicted octanol–water partition coefficient (Wildman–Crippen LogP) is 0.499. The minimum atomic E-state index is -3.94. The maximum Gasteiger partial charge on any atom is 0.472 e. The fourth-order valence-corrected chi connectivity index (χ4v) is 2.32. The molecule has 1 rings (SSSR count). The van der Waals surface area contributed by atoms with Gasteiger partial charge in [-0.2, -0.15) is 0 Å². The second kappa shape index (κ2) is 6.10. The Balaban J connectivity index is 2.22. The minimum absolute atomic E-state index is 0.0724. The van der Waals surface area contributed by atoms with Gasteiger partial charge in [0, 0.05) is 12.6 Å². The van der Waals surface area contributed by atoms with Gasteiger partial charge in [-0.3, -0.25) is 9.05 Å². The van der Waals surface area contributed by atoms with E-state index in [4.69, 9.17) is 9.05 Å². The van der Waals surface area contributed by atoms with Gasteiger partial charge in [-0.15, -0.1) is 0 Å². The molecule has 3 atom stereocenters. The number of phosphoric acid groups is 1. The Morgan fingerprint density at radius 2 is 2.19 bits per heavy atom. The van der Waals surface area contributed by atoms with Crippen LogP contribution in [-0.4, -0.2) is 41.9 Å². The third-order valence-electron chi connectivity index (χ3n) is 2.21. The quantitative estimate of drug-likeness (QED) is 0.597. The molecule has 7 heteroatoms. The first kappa shape index (κ1) is 14.1. The lowest BCUT2D eigenvalue weighted by atomic mass is 10.2. The highest BCUT2D eigenvalue weighted by atomic mass is 31.2. The Bertz CT molecular complexity index is 260. The summed E-state index contributed by atoms with van der Waals surface area (Å²) in [6.45, 7) is 4.53. The first-order valence-electron chi connectivity index (χ1n) is 5.42. The molecule has 1 saturated heterocycles. The smallest absolute Gasteiger partial charge is 0.392 e. The van der Waals surface area contributed by atoms with Crippen molar-refractivity contribution in [3.8, 4) is 0 Å². The maximum absolute atomic E-state index is 11.4. The molecule has 96 valence electrons. The molecule has 6 nitrogen and oxygen atoms in total. The molecule has 0 aromatic heterocycles. The standard InChI is InChI=1S/C9H20NO5P/c1-7(2)5-14-16(12,13)15-6-8-3-9(11)4-10-8/h7-11H,3-6H2,1-2H3,(H,12,13)/t8-,9+/m0/s1. The molecule has 1 heterocycles. The molecule has 1 aliphatic rings. The first-order chi connectivity index (χ1) is 7.39. The van der Waals surface area contributed by atoms with Crippen molar-refractivity contribution >= 4 is 7.82 Å². The van der Waals surface area contributed by atoms with Crippen molar-refractivity contribution in [2.45, 2.75) is 32.4 Å². The fraction of sp³-hybridized carbons (Fsp3) is 1.00. The number of aliphatic hydroxyl groups is 1. The van der Waals surface area contributed by atoms with E-state index in [0.717, 1.165) is 0 Å². The highest BCUT2D eigenvalue weighted by Gasteiger charge is 2.27. The SMILES string of the molecule is CC(C)COP(=O)(O)OC[C@@H]1C[C@@H](O)CN1. The van der Waals surface area contributed by atoms with Gasteiger partial charge in [-0.1, -0.05) is 13.8 Å². The van der Waals surface area contributed by atoms with E-state index < -0.39 is 13.9 Å². The molecule has 1 fully saturated rings. The van der Waals surface area contributed by atoms with Crippen molar-refractivity contribution in [2.75, 3.05) is 19.8 Å². The van der Waals surface area contributed by atoms with Gasteiger partial charge in [-0.25, -0.2) is 4.57 Å². The van der Waals surface area contributed by atoms with Crippen LogP contribution in [0.3, 0.4) is 0 Å². The normalized spacial score (nSPS) is 29.6. The number of rotatable bonds is 6. The van der Waals surface area contributed by atoms with Crippen LogP contribution in [0.25, 0.3) is 0 Å². The van der Waals surface area contributed by atoms with Crippen LogP contribution in [-0.2, 0) is 13.6 Å². The highest BCUT2D eigenvalue weighted by Crippen LogP contribution is 2.43. The summed E-state index contributed by atoms with van der Waals surface area (Å²) in [4.78, 5) is 9.31. The summed E-state index contributed by atoms with van der Waals surface area (Å²) in [5, 5.41) is 12.2. The van der Waals surface area contributed by atoms with E-state index in [1.807, 2.05) is 13.8 Å². The van der Waals surface area contributed by atoms with Crippen molar-refractivity contribution < 1.29 is 23.6 Å². The molecule has 0 saturated carbocycles. The zero-order chi connectivity index (χ0) is 12.2. The van der Waals surface area contributed by atoms with Gasteiger partial charge < -0.3 is 15.3 Å². The van der Waals surface area contributed by atoms with Gasteiger partial charge in [-0.05, 0) is 12.3 Å². The lowest BCUT2D eigenvalue weighted by Crippen LogP contribution is -2.26. The Kier molecular flexibility index (Phi) is 5.37. The summed E-state index contributed by atoms with van der Waals surface area (Å²) in [7, 11) is -3.94. The van der Waals surface area contributed by atoms with E-state index in [1.54, 1.807) is 0 Å². The van der Waals surface area contributed by atoms with Gasteiger partial charge in [0.1, 0.15) is 0 Å². The van der Waals surface area contributed by atoms with Crippen LogP contribution >= 0.6 is 7.82 Å². The predicted molar refractivity (Wildman–Crippen MR) is 59.0 cm³/mol. The molecular weight excluding hydrogens is 233 g/mol. The number of nitrogens with one attached hydrogen (secondary N) is 1. The first-order valence-corrected chi connectivity index (χ1v) is 6.92. The van der Waals surface area contributed by atoms with Crippen molar-refractivity contribution in [1.82, 2.24) is 5.32 Å². The number of aliphatic hydroxyl groups excluding tert-OH is 1. The summed E-state index contributed by atoms with van der Waals surface area (Å²) < 4.78 is 21.0. The average Bonchev–Trinajstić information content (AvgIpc) is 2.59. The molecule has 0 spiro atoms. The second-order valence-electron chi connectivity index (χ2n) is 4.45. The van der Waals surface area contributed by atoms with Crippen LogP contribution in [0.2, 0.25) is 0 Å². The zero-order valence-electron chi connectivity index (χ0n) is 9.63. The van der Waals surface area contributed by atoms with Crippen LogP contribution < -0.4 is 5.32 Å². The average molecular weight is 253 g/mol. The van der Waals surface area contributed by atoms with Gasteiger partial charge in [0.15, 0.2) is 0 Å². The van der Waals surface area contributed by atoms with Crippen molar-refractivity contribution in [3.63, 3.8) is 0 Å². The molecule has 3 N–H and O–H groups in total. The highest BCUT2D eigenvalue weighted by molar-refractivity contribution is 7.47. The Labute approximate surface area is 95.6 Å². The van der Waals surface area contributed by atoms with Crippen LogP contribution in [0, 0.1) is 5.92 Å². The summed E-state index contributed by atoms with van der Waals surface area (Å²) in [6, 6.07) is -0.0851. The minimum Gasteiger partial charge on any atom is -0.392 e. The largest absolute Gasteiger partial charge is 0.472 e. The van der Waals surface area contributed by atoms with Gasteiger partial charge >= 0.3 is 7.82 Å². The molecular formula is C9H20NO5P. The Morgan fingerprint density at radius 3 is 2.69 bits per heavy atom. The number of hydrogen-bond acceptors (Lipinski definition) is 5. The van der Waals surface area contributed by atoms with E-state index in [1.165, 1.54) is 0 Å². The third-order valence-corrected chi connectivity index (χ3v) is 3.16. The van der Waals surface area contributed by atoms with E-state index in [-0.39, 0.29) is 25.2 Å². The van der Waals surface area contributed by atoms with Crippen LogP contribution in [0.4, 0.5) is 0 Å². The summed E-state index contributed by atoms with van der Waals surface area (Å²) >= 11 is 0. The van der Waals surface area contributed by atoms with Crippen molar-refractivity contribution in [2.24, 2.45) is 5.92 Å². The summed E-state index contributed by atoms with van der Waals surface area (Å²) in [5.41, 5.74) is 0. The molecule has 1 unspecified atom stereocenters. The van der Waals surface area contributed by atoms with Gasteiger partial charge in [0.2, 0.25) is 0 Å². The van der Waals surface area contributed by atoms with Crippen molar-refractivity contribution in [1.29, 1.82) is 0 Å². The topological polar surface area (TPSA) is 88.0 Å². The third kappa shape index (κ3) is 5.39. The van der Waals surface area contributed by atoms with Crippen LogP contribution in [0.1, 0.15) is 20.3 Å². The van der Waals surface area contributed by atoms with E-state index in [0.29, 0.717) is 13.0 Å². The Hall–Kier alpha value is 0.0300. The summed E-state index contributed by atoms with van der Waals surface area (Å²) in [6.07, 6.45) is 0.132. The fourth-order valence-electron chi connectivity index (χ4n) is 1.39. The van der Waals surface area contributed by atoms with Gasteiger partial charge in [0.25, 0.3) is 0 Å². The number of β-amino-alcohol motifs (C(OH)–C–C–N with tert-alkyl or cyclic N) is 1. The molecule has 0 bridgehead atoms. The van der Waals surface area contributed by atoms with Crippen LogP contribution in [0.5, 0.6) is 0 Å². The second-order valence-corrected chi connectivity index (χ2v) is 5.90. The maximum atomic E-state index is 11.4. The Morgan fingerprint density at radius 1 is 1.50 bits per heavy atom. The van der Waals surface area contributed by atoms with Crippen molar-refractivity contribution in [3.05, 3.63) is 0 Å². The molecule has 0 aromatic carbocycles. The molecule has 1 aliphatic heterocycles. The number of phosphoric ester groups is 1. The monoisotopic (exact) mass is 253 g/mol. The van der Waals surface area contributed by atoms with Crippen LogP contribution in [0.15, 0.2) is 0 Å². The molecule has 0 amide bonds. The molecule has 0 radical (unpaired) electrons. The molecule has 16 heavy (non-hydrogen) atoms. The van der Waals surface area contributed by atoms with E-state index in [2.05, 4.69) is 5.32 Å². The molecule has 0 aliphatic carbocycles. The summed E-state index contributed by atoms with van der Waals surface area (Å²) in [5.74, 6) is 0.176. The number of hydrogen-bond donors (Lipinski definition) is 3. The van der Waals surface area contributed by atoms with Gasteiger partial charge in [0.05, 0.1) is 19.3 Å². The zero-order valence-corrected chi connectivity index (χ0v) is 10.5. The van der Waals surface area contributed by atoms with E-state index in [9.17, 15) is 14.6 Å². The van der Waals surface area contributed by atoms with E-state index >= 15 is 0 Å².